The molecule has 2 atom stereocenters. The maximum absolute atomic E-state index is 12.8. The molecular formula is C25H22BrClN4O4. The Morgan fingerprint density at radius 1 is 1.11 bits per heavy atom. The van der Waals surface area contributed by atoms with Gasteiger partial charge in [0.1, 0.15) is 11.3 Å². The number of halogens is 2. The van der Waals surface area contributed by atoms with Crippen molar-refractivity contribution >= 4 is 50.4 Å². The highest BCUT2D eigenvalue weighted by Gasteiger charge is 2.16. The summed E-state index contributed by atoms with van der Waals surface area (Å²) in [4.78, 5) is 23.9. The topological polar surface area (TPSA) is 106 Å². The minimum Gasteiger partial charge on any atom is -0.479 e. The Morgan fingerprint density at radius 3 is 2.57 bits per heavy atom. The first-order valence-electron chi connectivity index (χ1n) is 10.8. The molecule has 8 nitrogen and oxygen atoms in total. The molecule has 3 aromatic carbocycles. The van der Waals surface area contributed by atoms with E-state index < -0.39 is 12.1 Å². The second-order valence-electron chi connectivity index (χ2n) is 8.05. The van der Waals surface area contributed by atoms with E-state index in [1.165, 1.54) is 6.92 Å². The van der Waals surface area contributed by atoms with Crippen molar-refractivity contribution < 1.29 is 19.4 Å². The van der Waals surface area contributed by atoms with Gasteiger partial charge in [-0.1, -0.05) is 44.9 Å². The number of nitrogens with one attached hydrogen (secondary N) is 1. The number of carbonyl (C=O) groups excluding carboxylic acids is 1. The van der Waals surface area contributed by atoms with Gasteiger partial charge in [-0.05, 0) is 73.5 Å². The summed E-state index contributed by atoms with van der Waals surface area (Å²) in [6.07, 6.45) is -0.993. The molecule has 0 saturated heterocycles. The normalized spacial score (nSPS) is 12.8. The first-order valence-corrected chi connectivity index (χ1v) is 12.0. The predicted molar refractivity (Wildman–Crippen MR) is 136 cm³/mol. The van der Waals surface area contributed by atoms with E-state index in [1.54, 1.807) is 41.1 Å². The minimum absolute atomic E-state index is 0.164. The molecule has 10 heteroatoms. The fraction of sp³-hybridized carbons (Fsp3) is 0.200. The maximum Gasteiger partial charge on any atom is 0.344 e. The van der Waals surface area contributed by atoms with Crippen LogP contribution in [0.25, 0.3) is 11.0 Å². The average Bonchev–Trinajstić information content (AvgIpc) is 3.23. The molecular weight excluding hydrogens is 536 g/mol. The van der Waals surface area contributed by atoms with Crippen LogP contribution < -0.4 is 10.1 Å². The molecule has 1 unspecified atom stereocenters. The Morgan fingerprint density at radius 2 is 1.86 bits per heavy atom. The van der Waals surface area contributed by atoms with E-state index in [-0.39, 0.29) is 11.9 Å². The number of hydrogen-bond donors (Lipinski definition) is 2. The Labute approximate surface area is 215 Å². The number of fused-ring (bicyclic) bond motifs is 1. The van der Waals surface area contributed by atoms with Gasteiger partial charge in [-0.25, -0.2) is 9.48 Å². The lowest BCUT2D eigenvalue weighted by Gasteiger charge is -2.14. The molecule has 4 rings (SSSR count). The Kier molecular flexibility index (Phi) is 7.37. The molecule has 0 bridgehead atoms. The third-order valence-corrected chi connectivity index (χ3v) is 6.39. The van der Waals surface area contributed by atoms with Crippen LogP contribution in [0.4, 0.5) is 0 Å². The number of carboxylic acids is 1. The van der Waals surface area contributed by atoms with Gasteiger partial charge >= 0.3 is 5.97 Å². The summed E-state index contributed by atoms with van der Waals surface area (Å²) in [5.41, 5.74) is 3.46. The molecule has 0 radical (unpaired) electrons. The highest BCUT2D eigenvalue weighted by Crippen LogP contribution is 2.25. The van der Waals surface area contributed by atoms with E-state index in [1.807, 2.05) is 31.2 Å². The van der Waals surface area contributed by atoms with Gasteiger partial charge < -0.3 is 15.2 Å². The van der Waals surface area contributed by atoms with Crippen molar-refractivity contribution in [1.29, 1.82) is 0 Å². The molecule has 4 aromatic rings. The van der Waals surface area contributed by atoms with Crippen LogP contribution in [0.5, 0.6) is 5.75 Å². The van der Waals surface area contributed by atoms with Crippen LogP contribution in [0.1, 0.15) is 41.4 Å². The van der Waals surface area contributed by atoms with Gasteiger partial charge in [0, 0.05) is 15.1 Å². The fourth-order valence-corrected chi connectivity index (χ4v) is 3.95. The molecule has 180 valence electrons. The van der Waals surface area contributed by atoms with Crippen LogP contribution in [-0.2, 0) is 11.3 Å². The van der Waals surface area contributed by atoms with Crippen molar-refractivity contribution in [2.45, 2.75) is 32.5 Å². The highest BCUT2D eigenvalue weighted by atomic mass is 79.9. The van der Waals surface area contributed by atoms with E-state index in [0.29, 0.717) is 34.0 Å². The average molecular weight is 558 g/mol. The first-order chi connectivity index (χ1) is 16.7. The van der Waals surface area contributed by atoms with Crippen LogP contribution in [-0.4, -0.2) is 38.1 Å². The van der Waals surface area contributed by atoms with Gasteiger partial charge in [-0.3, -0.25) is 4.79 Å². The molecule has 0 saturated carbocycles. The molecule has 0 spiro atoms. The molecule has 1 heterocycles. The Balaban J connectivity index is 1.50. The lowest BCUT2D eigenvalue weighted by molar-refractivity contribution is -0.144. The standard InChI is InChI=1S/C25H22BrClN4O4/c1-14(16-3-6-19(26)7-4-16)28-24(32)17-5-10-23-22(12-17)29-30-31(23)13-18-11-20(8-9-21(18)27)35-15(2)25(33)34/h3-12,14-15H,13H2,1-2H3,(H,28,32)(H,33,34)/t14-,15?/m0/s1. The van der Waals surface area contributed by atoms with Crippen molar-refractivity contribution in [3.05, 3.63) is 86.8 Å². The quantitative estimate of drug-likeness (QED) is 0.307. The summed E-state index contributed by atoms with van der Waals surface area (Å²) in [7, 11) is 0. The van der Waals surface area contributed by atoms with Crippen LogP contribution in [0.15, 0.2) is 65.1 Å². The third-order valence-electron chi connectivity index (χ3n) is 5.49. The number of hydrogen-bond acceptors (Lipinski definition) is 5. The van der Waals surface area contributed by atoms with Gasteiger partial charge in [0.2, 0.25) is 0 Å². The van der Waals surface area contributed by atoms with E-state index >= 15 is 0 Å². The van der Waals surface area contributed by atoms with Crippen molar-refractivity contribution in [1.82, 2.24) is 20.3 Å². The summed E-state index contributed by atoms with van der Waals surface area (Å²) in [5, 5.41) is 21.0. The largest absolute Gasteiger partial charge is 0.479 e. The SMILES string of the molecule is CC(Oc1ccc(Cl)c(Cn2nnc3cc(C(=O)N[C@@H](C)c4ccc(Br)cc4)ccc32)c1)C(=O)O. The van der Waals surface area contributed by atoms with Crippen molar-refractivity contribution in [2.24, 2.45) is 0 Å². The van der Waals surface area contributed by atoms with Gasteiger partial charge in [0.15, 0.2) is 6.10 Å². The first kappa shape index (κ1) is 24.7. The smallest absolute Gasteiger partial charge is 0.344 e. The predicted octanol–water partition coefficient (Wildman–Crippen LogP) is 5.24. The number of carboxylic acid groups (broad SMARTS) is 1. The van der Waals surface area contributed by atoms with Gasteiger partial charge in [-0.2, -0.15) is 0 Å². The van der Waals surface area contributed by atoms with Gasteiger partial charge in [0.05, 0.1) is 18.1 Å². The molecule has 0 aliphatic carbocycles. The lowest BCUT2D eigenvalue weighted by atomic mass is 10.1. The van der Waals surface area contributed by atoms with E-state index in [4.69, 9.17) is 21.4 Å². The van der Waals surface area contributed by atoms with Crippen LogP contribution >= 0.6 is 27.5 Å². The second-order valence-corrected chi connectivity index (χ2v) is 9.37. The summed E-state index contributed by atoms with van der Waals surface area (Å²) in [6.45, 7) is 3.67. The number of ether oxygens (including phenoxy) is 1. The second kappa shape index (κ2) is 10.5. The lowest BCUT2D eigenvalue weighted by Crippen LogP contribution is -2.26. The zero-order valence-corrected chi connectivity index (χ0v) is 21.2. The number of carbonyl (C=O) groups is 2. The van der Waals surface area contributed by atoms with Crippen molar-refractivity contribution in [3.63, 3.8) is 0 Å². The van der Waals surface area contributed by atoms with Crippen LogP contribution in [0.2, 0.25) is 5.02 Å². The zero-order chi connectivity index (χ0) is 25.1. The molecule has 0 aliphatic heterocycles. The molecule has 1 amide bonds. The maximum atomic E-state index is 12.8. The van der Waals surface area contributed by atoms with Crippen LogP contribution in [0, 0.1) is 0 Å². The monoisotopic (exact) mass is 556 g/mol. The number of aromatic nitrogens is 3. The Bertz CT molecular complexity index is 1390. The number of benzene rings is 3. The summed E-state index contributed by atoms with van der Waals surface area (Å²) in [6, 6.07) is 17.8. The summed E-state index contributed by atoms with van der Waals surface area (Å²) < 4.78 is 8.07. The molecule has 0 aliphatic rings. The number of rotatable bonds is 8. The highest BCUT2D eigenvalue weighted by molar-refractivity contribution is 9.10. The van der Waals surface area contributed by atoms with Gasteiger partial charge in [0.25, 0.3) is 5.91 Å². The summed E-state index contributed by atoms with van der Waals surface area (Å²) in [5.74, 6) is -0.880. The van der Waals surface area contributed by atoms with Crippen molar-refractivity contribution in [3.8, 4) is 5.75 Å². The van der Waals surface area contributed by atoms with Crippen molar-refractivity contribution in [2.75, 3.05) is 0 Å². The fourth-order valence-electron chi connectivity index (χ4n) is 3.51. The molecule has 35 heavy (non-hydrogen) atoms. The van der Waals surface area contributed by atoms with Crippen LogP contribution in [0.3, 0.4) is 0 Å². The van der Waals surface area contributed by atoms with E-state index in [0.717, 1.165) is 15.6 Å². The third kappa shape index (κ3) is 5.80. The minimum atomic E-state index is -1.06. The zero-order valence-electron chi connectivity index (χ0n) is 18.9. The Hall–Kier alpha value is -3.43. The molecule has 0 fully saturated rings. The number of amides is 1. The number of nitrogens with zero attached hydrogens (tertiary/aromatic N) is 3. The molecule has 1 aromatic heterocycles. The summed E-state index contributed by atoms with van der Waals surface area (Å²) >= 11 is 9.76. The van der Waals surface area contributed by atoms with E-state index in [2.05, 4.69) is 31.6 Å². The van der Waals surface area contributed by atoms with E-state index in [9.17, 15) is 9.59 Å². The molecule has 2 N–H and O–H groups in total. The van der Waals surface area contributed by atoms with Gasteiger partial charge in [-0.15, -0.1) is 5.10 Å². The number of aliphatic carboxylic acids is 1.